The summed E-state index contributed by atoms with van der Waals surface area (Å²) in [5.74, 6) is -0.302. The number of likely N-dealkylation sites (N-methyl/N-ethyl adjacent to an activating group) is 1. The predicted molar refractivity (Wildman–Crippen MR) is 71.0 cm³/mol. The van der Waals surface area contributed by atoms with Gasteiger partial charge >= 0.3 is 0 Å². The van der Waals surface area contributed by atoms with Crippen LogP contribution >= 0.6 is 0 Å². The number of nitrogens with zero attached hydrogens (tertiary/aromatic N) is 1. The summed E-state index contributed by atoms with van der Waals surface area (Å²) >= 11 is 0. The third kappa shape index (κ3) is 3.75. The van der Waals surface area contributed by atoms with Gasteiger partial charge in [0, 0.05) is 18.8 Å². The minimum absolute atomic E-state index is 0.265. The van der Waals surface area contributed by atoms with Crippen LogP contribution in [0.4, 0.5) is 5.69 Å². The molecule has 1 aromatic rings. The Hall–Kier alpha value is -1.55. The second kappa shape index (κ2) is 6.25. The summed E-state index contributed by atoms with van der Waals surface area (Å²) < 4.78 is 0. The SMILES string of the molecule is CCN(CC(N)=O)c1ccc(CNC)c(C)c1. The van der Waals surface area contributed by atoms with Crippen LogP contribution in [0.25, 0.3) is 0 Å². The van der Waals surface area contributed by atoms with Crippen LogP contribution in [-0.2, 0) is 11.3 Å². The van der Waals surface area contributed by atoms with E-state index in [4.69, 9.17) is 5.73 Å². The third-order valence-electron chi connectivity index (χ3n) is 2.79. The molecule has 0 fully saturated rings. The molecule has 4 heteroatoms. The van der Waals surface area contributed by atoms with Crippen LogP contribution in [0.3, 0.4) is 0 Å². The molecule has 3 N–H and O–H groups in total. The van der Waals surface area contributed by atoms with Gasteiger partial charge in [0.05, 0.1) is 6.54 Å². The Labute approximate surface area is 103 Å². The number of hydrogen-bond acceptors (Lipinski definition) is 3. The lowest BCUT2D eigenvalue weighted by Gasteiger charge is -2.22. The number of nitrogens with one attached hydrogen (secondary N) is 1. The molecule has 0 saturated heterocycles. The van der Waals surface area contributed by atoms with Crippen LogP contribution in [-0.4, -0.2) is 26.0 Å². The van der Waals surface area contributed by atoms with Crippen molar-refractivity contribution in [3.05, 3.63) is 29.3 Å². The molecular formula is C13H21N3O. The van der Waals surface area contributed by atoms with E-state index in [0.717, 1.165) is 18.8 Å². The van der Waals surface area contributed by atoms with E-state index in [1.165, 1.54) is 11.1 Å². The largest absolute Gasteiger partial charge is 0.368 e. The Morgan fingerprint density at radius 3 is 2.65 bits per heavy atom. The van der Waals surface area contributed by atoms with E-state index in [2.05, 4.69) is 24.4 Å². The zero-order valence-electron chi connectivity index (χ0n) is 10.8. The first-order chi connectivity index (χ1) is 8.08. The zero-order valence-corrected chi connectivity index (χ0v) is 10.8. The van der Waals surface area contributed by atoms with E-state index < -0.39 is 0 Å². The number of carbonyl (C=O) groups is 1. The summed E-state index contributed by atoms with van der Waals surface area (Å²) in [6.45, 7) is 5.98. The van der Waals surface area contributed by atoms with Crippen LogP contribution in [0.5, 0.6) is 0 Å². The zero-order chi connectivity index (χ0) is 12.8. The summed E-state index contributed by atoms with van der Waals surface area (Å²) in [6, 6.07) is 6.22. The summed E-state index contributed by atoms with van der Waals surface area (Å²) in [6.07, 6.45) is 0. The molecule has 17 heavy (non-hydrogen) atoms. The van der Waals surface area contributed by atoms with E-state index in [-0.39, 0.29) is 12.5 Å². The summed E-state index contributed by atoms with van der Waals surface area (Å²) in [5, 5.41) is 3.13. The Bertz CT molecular complexity index is 390. The molecule has 1 aromatic carbocycles. The van der Waals surface area contributed by atoms with Crippen LogP contribution < -0.4 is 16.0 Å². The topological polar surface area (TPSA) is 58.4 Å². The summed E-state index contributed by atoms with van der Waals surface area (Å²) in [7, 11) is 1.93. The molecule has 0 aliphatic heterocycles. The molecule has 1 rings (SSSR count). The number of benzene rings is 1. The Kier molecular flexibility index (Phi) is 4.97. The number of hydrogen-bond donors (Lipinski definition) is 2. The molecular weight excluding hydrogens is 214 g/mol. The predicted octanol–water partition coefficient (Wildman–Crippen LogP) is 1.03. The molecule has 0 saturated carbocycles. The van der Waals surface area contributed by atoms with Gasteiger partial charge in [-0.2, -0.15) is 0 Å². The molecule has 0 aliphatic carbocycles. The first kappa shape index (κ1) is 13.5. The highest BCUT2D eigenvalue weighted by atomic mass is 16.1. The molecule has 0 radical (unpaired) electrons. The highest BCUT2D eigenvalue weighted by Gasteiger charge is 2.08. The third-order valence-corrected chi connectivity index (χ3v) is 2.79. The molecule has 1 amide bonds. The number of aryl methyl sites for hydroxylation is 1. The maximum absolute atomic E-state index is 11.0. The van der Waals surface area contributed by atoms with Crippen molar-refractivity contribution >= 4 is 11.6 Å². The van der Waals surface area contributed by atoms with Gasteiger partial charge in [-0.3, -0.25) is 4.79 Å². The first-order valence-electron chi connectivity index (χ1n) is 5.85. The Morgan fingerprint density at radius 1 is 1.47 bits per heavy atom. The Morgan fingerprint density at radius 2 is 2.18 bits per heavy atom. The second-order valence-corrected chi connectivity index (χ2v) is 4.12. The van der Waals surface area contributed by atoms with Crippen molar-refractivity contribution in [1.82, 2.24) is 5.32 Å². The number of primary amides is 1. The van der Waals surface area contributed by atoms with Gasteiger partial charge in [0.2, 0.25) is 5.91 Å². The number of carbonyl (C=O) groups excluding carboxylic acids is 1. The number of rotatable bonds is 6. The summed E-state index contributed by atoms with van der Waals surface area (Å²) in [5.41, 5.74) is 8.77. The summed E-state index contributed by atoms with van der Waals surface area (Å²) in [4.78, 5) is 12.9. The minimum Gasteiger partial charge on any atom is -0.368 e. The average Bonchev–Trinajstić information content (AvgIpc) is 2.28. The van der Waals surface area contributed by atoms with Gasteiger partial charge in [-0.1, -0.05) is 6.07 Å². The molecule has 0 bridgehead atoms. The van der Waals surface area contributed by atoms with Gasteiger partial charge in [0.15, 0.2) is 0 Å². The first-order valence-corrected chi connectivity index (χ1v) is 5.85. The van der Waals surface area contributed by atoms with Crippen LogP contribution in [0, 0.1) is 6.92 Å². The second-order valence-electron chi connectivity index (χ2n) is 4.12. The highest BCUT2D eigenvalue weighted by Crippen LogP contribution is 2.18. The van der Waals surface area contributed by atoms with E-state index in [1.54, 1.807) is 0 Å². The fraction of sp³-hybridized carbons (Fsp3) is 0.462. The van der Waals surface area contributed by atoms with Crippen molar-refractivity contribution < 1.29 is 4.79 Å². The highest BCUT2D eigenvalue weighted by molar-refractivity contribution is 5.79. The van der Waals surface area contributed by atoms with Crippen LogP contribution in [0.2, 0.25) is 0 Å². The normalized spacial score (nSPS) is 10.3. The lowest BCUT2D eigenvalue weighted by molar-refractivity contribution is -0.116. The van der Waals surface area contributed by atoms with Gasteiger partial charge in [0.25, 0.3) is 0 Å². The van der Waals surface area contributed by atoms with Crippen molar-refractivity contribution in [2.75, 3.05) is 25.0 Å². The van der Waals surface area contributed by atoms with Crippen molar-refractivity contribution in [2.24, 2.45) is 5.73 Å². The van der Waals surface area contributed by atoms with Gasteiger partial charge < -0.3 is 16.0 Å². The monoisotopic (exact) mass is 235 g/mol. The molecule has 4 nitrogen and oxygen atoms in total. The van der Waals surface area contributed by atoms with Crippen molar-refractivity contribution in [1.29, 1.82) is 0 Å². The fourth-order valence-electron chi connectivity index (χ4n) is 1.84. The van der Waals surface area contributed by atoms with E-state index in [0.29, 0.717) is 0 Å². The number of amides is 1. The van der Waals surface area contributed by atoms with Crippen LogP contribution in [0.15, 0.2) is 18.2 Å². The molecule has 0 heterocycles. The van der Waals surface area contributed by atoms with E-state index in [9.17, 15) is 4.79 Å². The van der Waals surface area contributed by atoms with Crippen LogP contribution in [0.1, 0.15) is 18.1 Å². The quantitative estimate of drug-likeness (QED) is 0.774. The van der Waals surface area contributed by atoms with Crippen molar-refractivity contribution in [3.8, 4) is 0 Å². The fourth-order valence-corrected chi connectivity index (χ4v) is 1.84. The lowest BCUT2D eigenvalue weighted by Crippen LogP contribution is -2.33. The number of nitrogens with two attached hydrogens (primary N) is 1. The molecule has 0 aromatic heterocycles. The van der Waals surface area contributed by atoms with Gasteiger partial charge in [-0.15, -0.1) is 0 Å². The maximum atomic E-state index is 11.0. The maximum Gasteiger partial charge on any atom is 0.236 e. The lowest BCUT2D eigenvalue weighted by atomic mass is 10.1. The smallest absolute Gasteiger partial charge is 0.236 e. The van der Waals surface area contributed by atoms with Gasteiger partial charge in [-0.25, -0.2) is 0 Å². The minimum atomic E-state index is -0.302. The molecule has 94 valence electrons. The van der Waals surface area contributed by atoms with E-state index in [1.807, 2.05) is 24.9 Å². The average molecular weight is 235 g/mol. The molecule has 0 spiro atoms. The number of anilines is 1. The van der Waals surface area contributed by atoms with Gasteiger partial charge in [-0.05, 0) is 44.2 Å². The van der Waals surface area contributed by atoms with Gasteiger partial charge in [0.1, 0.15) is 0 Å². The molecule has 0 unspecified atom stereocenters. The molecule has 0 atom stereocenters. The van der Waals surface area contributed by atoms with Crippen molar-refractivity contribution in [2.45, 2.75) is 20.4 Å². The standard InChI is InChI=1S/C13H21N3O/c1-4-16(9-13(14)17)12-6-5-11(8-15-3)10(2)7-12/h5-7,15H,4,8-9H2,1-3H3,(H2,14,17). The van der Waals surface area contributed by atoms with E-state index >= 15 is 0 Å². The Balaban J connectivity index is 2.90. The molecule has 0 aliphatic rings. The van der Waals surface area contributed by atoms with Crippen molar-refractivity contribution in [3.63, 3.8) is 0 Å².